The fourth-order valence-electron chi connectivity index (χ4n) is 2.52. The van der Waals surface area contributed by atoms with Crippen LogP contribution in [0.15, 0.2) is 0 Å². The van der Waals surface area contributed by atoms with Gasteiger partial charge in [0, 0.05) is 6.04 Å². The Labute approximate surface area is 123 Å². The second-order valence-electron chi connectivity index (χ2n) is 5.75. The molecule has 1 N–H and O–H groups in total. The fraction of sp³-hybridized carbons (Fsp3) is 0.938. The van der Waals surface area contributed by atoms with Crippen molar-refractivity contribution in [2.75, 3.05) is 26.4 Å². The molecule has 0 aromatic rings. The molecule has 4 heteroatoms. The molecule has 0 radical (unpaired) electrons. The van der Waals surface area contributed by atoms with E-state index in [1.807, 2.05) is 0 Å². The number of hydrogen-bond acceptors (Lipinski definition) is 4. The normalized spacial score (nSPS) is 23.8. The SMILES string of the molecule is CCCCC(CC)COC(=O)C1COCC1NCCC. The monoisotopic (exact) mass is 285 g/mol. The molecule has 1 saturated heterocycles. The highest BCUT2D eigenvalue weighted by atomic mass is 16.5. The average Bonchev–Trinajstić information content (AvgIpc) is 2.93. The summed E-state index contributed by atoms with van der Waals surface area (Å²) in [5.41, 5.74) is 0. The largest absolute Gasteiger partial charge is 0.465 e. The van der Waals surface area contributed by atoms with E-state index in [0.29, 0.717) is 25.7 Å². The summed E-state index contributed by atoms with van der Waals surface area (Å²) in [7, 11) is 0. The minimum absolute atomic E-state index is 0.0916. The summed E-state index contributed by atoms with van der Waals surface area (Å²) in [4.78, 5) is 12.2. The maximum Gasteiger partial charge on any atom is 0.312 e. The number of unbranched alkanes of at least 4 members (excludes halogenated alkanes) is 1. The number of ether oxygens (including phenoxy) is 2. The van der Waals surface area contributed by atoms with Gasteiger partial charge in [0.05, 0.1) is 25.7 Å². The predicted molar refractivity (Wildman–Crippen MR) is 80.7 cm³/mol. The predicted octanol–water partition coefficient (Wildman–Crippen LogP) is 2.76. The van der Waals surface area contributed by atoms with Gasteiger partial charge in [-0.25, -0.2) is 0 Å². The van der Waals surface area contributed by atoms with Crippen LogP contribution in [0.25, 0.3) is 0 Å². The maximum absolute atomic E-state index is 12.2. The quantitative estimate of drug-likeness (QED) is 0.627. The second-order valence-corrected chi connectivity index (χ2v) is 5.75. The third-order valence-corrected chi connectivity index (χ3v) is 4.04. The van der Waals surface area contributed by atoms with Crippen LogP contribution in [0.2, 0.25) is 0 Å². The van der Waals surface area contributed by atoms with Crippen molar-refractivity contribution in [3.63, 3.8) is 0 Å². The average molecular weight is 285 g/mol. The summed E-state index contributed by atoms with van der Waals surface area (Å²) in [6.45, 7) is 9.07. The smallest absolute Gasteiger partial charge is 0.312 e. The summed E-state index contributed by atoms with van der Waals surface area (Å²) in [6.07, 6.45) is 5.70. The van der Waals surface area contributed by atoms with Gasteiger partial charge < -0.3 is 14.8 Å². The Morgan fingerprint density at radius 3 is 2.75 bits per heavy atom. The first-order chi connectivity index (χ1) is 9.72. The van der Waals surface area contributed by atoms with Crippen molar-refractivity contribution in [2.24, 2.45) is 11.8 Å². The van der Waals surface area contributed by atoms with Crippen LogP contribution < -0.4 is 5.32 Å². The zero-order chi connectivity index (χ0) is 14.8. The van der Waals surface area contributed by atoms with Crippen molar-refractivity contribution in [3.8, 4) is 0 Å². The molecule has 1 aliphatic rings. The van der Waals surface area contributed by atoms with Gasteiger partial charge in [0.2, 0.25) is 0 Å². The van der Waals surface area contributed by atoms with Gasteiger partial charge >= 0.3 is 5.97 Å². The van der Waals surface area contributed by atoms with Gasteiger partial charge in [0.25, 0.3) is 0 Å². The zero-order valence-corrected chi connectivity index (χ0v) is 13.3. The molecule has 0 aromatic heterocycles. The van der Waals surface area contributed by atoms with Crippen LogP contribution >= 0.6 is 0 Å². The first-order valence-corrected chi connectivity index (χ1v) is 8.20. The van der Waals surface area contributed by atoms with Gasteiger partial charge in [-0.1, -0.05) is 40.0 Å². The van der Waals surface area contributed by atoms with Gasteiger partial charge in [0.15, 0.2) is 0 Å². The maximum atomic E-state index is 12.2. The Hall–Kier alpha value is -0.610. The van der Waals surface area contributed by atoms with Crippen molar-refractivity contribution >= 4 is 5.97 Å². The van der Waals surface area contributed by atoms with Crippen LogP contribution in [0.4, 0.5) is 0 Å². The molecule has 0 bridgehead atoms. The molecular weight excluding hydrogens is 254 g/mol. The van der Waals surface area contributed by atoms with Crippen LogP contribution in [0.1, 0.15) is 52.9 Å². The number of hydrogen-bond donors (Lipinski definition) is 1. The molecule has 3 atom stereocenters. The topological polar surface area (TPSA) is 47.6 Å². The molecule has 118 valence electrons. The van der Waals surface area contributed by atoms with Gasteiger partial charge in [-0.05, 0) is 25.3 Å². The molecule has 1 heterocycles. The number of esters is 1. The molecule has 1 aliphatic heterocycles. The fourth-order valence-corrected chi connectivity index (χ4v) is 2.52. The van der Waals surface area contributed by atoms with Crippen molar-refractivity contribution in [2.45, 2.75) is 58.9 Å². The summed E-state index contributed by atoms with van der Waals surface area (Å²) in [5, 5.41) is 3.37. The van der Waals surface area contributed by atoms with Crippen molar-refractivity contribution in [1.82, 2.24) is 5.32 Å². The van der Waals surface area contributed by atoms with E-state index in [2.05, 4.69) is 26.1 Å². The Bertz CT molecular complexity index is 270. The molecular formula is C16H31NO3. The summed E-state index contributed by atoms with van der Waals surface area (Å²) >= 11 is 0. The third kappa shape index (κ3) is 5.80. The number of rotatable bonds is 10. The lowest BCUT2D eigenvalue weighted by Crippen LogP contribution is -2.40. The second kappa shape index (κ2) is 10.2. The molecule has 1 fully saturated rings. The molecule has 0 saturated carbocycles. The van der Waals surface area contributed by atoms with Crippen molar-refractivity contribution < 1.29 is 14.3 Å². The molecule has 0 spiro atoms. The van der Waals surface area contributed by atoms with E-state index < -0.39 is 0 Å². The first-order valence-electron chi connectivity index (χ1n) is 8.20. The molecule has 3 unspecified atom stereocenters. The molecule has 0 aliphatic carbocycles. The van der Waals surface area contributed by atoms with Gasteiger partial charge in [0.1, 0.15) is 0 Å². The number of carbonyl (C=O) groups is 1. The minimum atomic E-state index is -0.134. The lowest BCUT2D eigenvalue weighted by molar-refractivity contribution is -0.150. The molecule has 1 rings (SSSR count). The third-order valence-electron chi connectivity index (χ3n) is 4.04. The Balaban J connectivity index is 2.33. The lowest BCUT2D eigenvalue weighted by Gasteiger charge is -2.20. The minimum Gasteiger partial charge on any atom is -0.465 e. The Morgan fingerprint density at radius 2 is 2.10 bits per heavy atom. The highest BCUT2D eigenvalue weighted by molar-refractivity contribution is 5.73. The van der Waals surface area contributed by atoms with E-state index in [4.69, 9.17) is 9.47 Å². The molecule has 4 nitrogen and oxygen atoms in total. The number of carbonyl (C=O) groups excluding carboxylic acids is 1. The Morgan fingerprint density at radius 1 is 1.30 bits per heavy atom. The summed E-state index contributed by atoms with van der Waals surface area (Å²) in [5.74, 6) is 0.277. The van der Waals surface area contributed by atoms with E-state index in [1.54, 1.807) is 0 Å². The van der Waals surface area contributed by atoms with Crippen LogP contribution in [-0.2, 0) is 14.3 Å². The first kappa shape index (κ1) is 17.4. The van der Waals surface area contributed by atoms with E-state index in [1.165, 1.54) is 12.8 Å². The highest BCUT2D eigenvalue weighted by Crippen LogP contribution is 2.18. The van der Waals surface area contributed by atoms with Crippen LogP contribution in [0.5, 0.6) is 0 Å². The van der Waals surface area contributed by atoms with Crippen LogP contribution in [0.3, 0.4) is 0 Å². The van der Waals surface area contributed by atoms with Crippen LogP contribution in [0, 0.1) is 11.8 Å². The molecule has 20 heavy (non-hydrogen) atoms. The zero-order valence-electron chi connectivity index (χ0n) is 13.3. The molecule has 0 aromatic carbocycles. The lowest BCUT2D eigenvalue weighted by atomic mass is 10.00. The van der Waals surface area contributed by atoms with Gasteiger partial charge in [-0.2, -0.15) is 0 Å². The summed E-state index contributed by atoms with van der Waals surface area (Å²) in [6, 6.07) is 0.123. The van der Waals surface area contributed by atoms with Crippen molar-refractivity contribution in [3.05, 3.63) is 0 Å². The van der Waals surface area contributed by atoms with E-state index in [0.717, 1.165) is 25.8 Å². The summed E-state index contributed by atoms with van der Waals surface area (Å²) < 4.78 is 10.9. The standard InChI is InChI=1S/C16H31NO3/c1-4-7-8-13(6-3)10-20-16(18)14-11-19-12-15(14)17-9-5-2/h13-15,17H,4-12H2,1-3H3. The van der Waals surface area contributed by atoms with Crippen LogP contribution in [-0.4, -0.2) is 38.4 Å². The van der Waals surface area contributed by atoms with Gasteiger partial charge in [-0.3, -0.25) is 4.79 Å². The highest BCUT2D eigenvalue weighted by Gasteiger charge is 2.35. The van der Waals surface area contributed by atoms with Crippen molar-refractivity contribution in [1.29, 1.82) is 0 Å². The number of nitrogens with one attached hydrogen (secondary N) is 1. The van der Waals surface area contributed by atoms with E-state index >= 15 is 0 Å². The van der Waals surface area contributed by atoms with Gasteiger partial charge in [-0.15, -0.1) is 0 Å². The van der Waals surface area contributed by atoms with E-state index in [-0.39, 0.29) is 17.9 Å². The van der Waals surface area contributed by atoms with E-state index in [9.17, 15) is 4.79 Å². The Kier molecular flexibility index (Phi) is 8.86. The molecule has 0 amide bonds.